The average Bonchev–Trinajstić information content (AvgIpc) is 2.97. The highest BCUT2D eigenvalue weighted by atomic mass is 16.2. The van der Waals surface area contributed by atoms with E-state index < -0.39 is 0 Å². The van der Waals surface area contributed by atoms with Crippen molar-refractivity contribution in [1.29, 1.82) is 0 Å². The van der Waals surface area contributed by atoms with E-state index in [1.807, 2.05) is 0 Å². The van der Waals surface area contributed by atoms with Gasteiger partial charge in [0, 0.05) is 12.6 Å². The Morgan fingerprint density at radius 1 is 1.50 bits per heavy atom. The van der Waals surface area contributed by atoms with E-state index in [9.17, 15) is 9.59 Å². The largest absolute Gasteiger partial charge is 0.321 e. The maximum Gasteiger partial charge on any atom is 0.244 e. The van der Waals surface area contributed by atoms with Gasteiger partial charge in [-0.05, 0) is 37.9 Å². The van der Waals surface area contributed by atoms with Crippen molar-refractivity contribution in [2.75, 3.05) is 29.9 Å². The van der Waals surface area contributed by atoms with Gasteiger partial charge in [0.2, 0.25) is 11.8 Å². The van der Waals surface area contributed by atoms with Gasteiger partial charge in [0.05, 0.1) is 17.6 Å². The minimum absolute atomic E-state index is 0.0131. The molecule has 1 saturated heterocycles. The summed E-state index contributed by atoms with van der Waals surface area (Å²) in [5.74, 6) is 0.426. The van der Waals surface area contributed by atoms with Crippen LogP contribution in [0.2, 0.25) is 0 Å². The molecule has 106 valence electrons. The van der Waals surface area contributed by atoms with Crippen molar-refractivity contribution in [2.45, 2.75) is 19.3 Å². The van der Waals surface area contributed by atoms with Gasteiger partial charge in [0.25, 0.3) is 0 Å². The van der Waals surface area contributed by atoms with Crippen molar-refractivity contribution in [3.63, 3.8) is 0 Å². The Labute approximate surface area is 117 Å². The number of fused-ring (bicyclic) bond motifs is 1. The second-order valence-corrected chi connectivity index (χ2v) is 5.32. The molecule has 0 spiro atoms. The van der Waals surface area contributed by atoms with Crippen molar-refractivity contribution < 1.29 is 9.59 Å². The quantitative estimate of drug-likeness (QED) is 0.853. The summed E-state index contributed by atoms with van der Waals surface area (Å²) in [5.41, 5.74) is 1.36. The predicted octanol–water partition coefficient (Wildman–Crippen LogP) is 0.756. The van der Waals surface area contributed by atoms with Crippen LogP contribution in [0.15, 0.2) is 18.5 Å². The molecule has 1 aromatic heterocycles. The number of carbonyl (C=O) groups is 2. The Morgan fingerprint density at radius 3 is 3.20 bits per heavy atom. The zero-order chi connectivity index (χ0) is 13.9. The standard InChI is InChI=1S/C14H18N4O2/c19-13-9-18(12-4-6-16-8-11(12)17-13)14(20)2-1-10-3-5-15-7-10/h4,6,8,10,15H,1-3,5,7,9H2,(H,17,19). The van der Waals surface area contributed by atoms with Crippen LogP contribution in [0.1, 0.15) is 19.3 Å². The molecule has 0 aliphatic carbocycles. The van der Waals surface area contributed by atoms with E-state index >= 15 is 0 Å². The minimum Gasteiger partial charge on any atom is -0.321 e. The number of aromatic nitrogens is 1. The number of pyridine rings is 1. The number of carbonyl (C=O) groups excluding carboxylic acids is 2. The molecular weight excluding hydrogens is 256 g/mol. The Kier molecular flexibility index (Phi) is 3.64. The summed E-state index contributed by atoms with van der Waals surface area (Å²) in [7, 11) is 0. The number of amides is 2. The third-order valence-electron chi connectivity index (χ3n) is 3.89. The van der Waals surface area contributed by atoms with E-state index in [4.69, 9.17) is 0 Å². The molecule has 1 atom stereocenters. The van der Waals surface area contributed by atoms with Crippen LogP contribution >= 0.6 is 0 Å². The SMILES string of the molecule is O=C1CN(C(=O)CCC2CCNC2)c2ccncc2N1. The smallest absolute Gasteiger partial charge is 0.244 e. The number of nitrogens with one attached hydrogen (secondary N) is 2. The molecule has 0 bridgehead atoms. The minimum atomic E-state index is -0.165. The Hall–Kier alpha value is -1.95. The summed E-state index contributed by atoms with van der Waals surface area (Å²) in [6.07, 6.45) is 5.71. The van der Waals surface area contributed by atoms with Crippen molar-refractivity contribution in [2.24, 2.45) is 5.92 Å². The molecule has 2 amide bonds. The summed E-state index contributed by atoms with van der Waals surface area (Å²) < 4.78 is 0. The average molecular weight is 274 g/mol. The summed E-state index contributed by atoms with van der Waals surface area (Å²) in [5, 5.41) is 6.04. The van der Waals surface area contributed by atoms with Gasteiger partial charge in [0.15, 0.2) is 0 Å². The fraction of sp³-hybridized carbons (Fsp3) is 0.500. The van der Waals surface area contributed by atoms with Gasteiger partial charge in [-0.15, -0.1) is 0 Å². The molecule has 20 heavy (non-hydrogen) atoms. The van der Waals surface area contributed by atoms with Gasteiger partial charge in [-0.25, -0.2) is 0 Å². The van der Waals surface area contributed by atoms with Crippen LogP contribution in [-0.2, 0) is 9.59 Å². The number of rotatable bonds is 3. The second-order valence-electron chi connectivity index (χ2n) is 5.32. The van der Waals surface area contributed by atoms with E-state index in [0.29, 0.717) is 18.0 Å². The molecule has 6 nitrogen and oxygen atoms in total. The van der Waals surface area contributed by atoms with Crippen molar-refractivity contribution >= 4 is 23.2 Å². The van der Waals surface area contributed by atoms with E-state index in [1.165, 1.54) is 0 Å². The molecule has 1 fully saturated rings. The molecule has 3 heterocycles. The van der Waals surface area contributed by atoms with Crippen LogP contribution in [0.4, 0.5) is 11.4 Å². The predicted molar refractivity (Wildman–Crippen MR) is 75.4 cm³/mol. The third-order valence-corrected chi connectivity index (χ3v) is 3.89. The lowest BCUT2D eigenvalue weighted by Gasteiger charge is -2.29. The molecule has 3 rings (SSSR count). The van der Waals surface area contributed by atoms with Crippen LogP contribution in [0.25, 0.3) is 0 Å². The summed E-state index contributed by atoms with van der Waals surface area (Å²) in [6.45, 7) is 2.13. The zero-order valence-electron chi connectivity index (χ0n) is 11.3. The first-order chi connectivity index (χ1) is 9.74. The topological polar surface area (TPSA) is 74.3 Å². The van der Waals surface area contributed by atoms with Gasteiger partial charge < -0.3 is 15.5 Å². The molecule has 2 aliphatic heterocycles. The van der Waals surface area contributed by atoms with Gasteiger partial charge >= 0.3 is 0 Å². The Balaban J connectivity index is 1.69. The highest BCUT2D eigenvalue weighted by molar-refractivity contribution is 6.09. The number of nitrogens with zero attached hydrogens (tertiary/aromatic N) is 2. The lowest BCUT2D eigenvalue weighted by atomic mass is 10.0. The van der Waals surface area contributed by atoms with Crippen LogP contribution in [0.3, 0.4) is 0 Å². The summed E-state index contributed by atoms with van der Waals surface area (Å²) in [6, 6.07) is 1.77. The van der Waals surface area contributed by atoms with Crippen molar-refractivity contribution in [1.82, 2.24) is 10.3 Å². The highest BCUT2D eigenvalue weighted by Crippen LogP contribution is 2.29. The second kappa shape index (κ2) is 5.58. The van der Waals surface area contributed by atoms with E-state index in [0.717, 1.165) is 31.6 Å². The first-order valence-electron chi connectivity index (χ1n) is 6.99. The molecule has 6 heteroatoms. The van der Waals surface area contributed by atoms with Crippen molar-refractivity contribution in [3.8, 4) is 0 Å². The number of hydrogen-bond acceptors (Lipinski definition) is 4. The lowest BCUT2D eigenvalue weighted by molar-refractivity contribution is -0.122. The highest BCUT2D eigenvalue weighted by Gasteiger charge is 2.27. The van der Waals surface area contributed by atoms with Gasteiger partial charge in [-0.3, -0.25) is 14.6 Å². The fourth-order valence-corrected chi connectivity index (χ4v) is 2.78. The van der Waals surface area contributed by atoms with Gasteiger partial charge in [-0.2, -0.15) is 0 Å². The number of hydrogen-bond donors (Lipinski definition) is 2. The van der Waals surface area contributed by atoms with Crippen LogP contribution in [0, 0.1) is 5.92 Å². The first-order valence-corrected chi connectivity index (χ1v) is 6.99. The molecular formula is C14H18N4O2. The van der Waals surface area contributed by atoms with Crippen LogP contribution in [-0.4, -0.2) is 36.4 Å². The lowest BCUT2D eigenvalue weighted by Crippen LogP contribution is -2.42. The van der Waals surface area contributed by atoms with E-state index in [1.54, 1.807) is 23.4 Å². The number of anilines is 2. The van der Waals surface area contributed by atoms with E-state index in [2.05, 4.69) is 15.6 Å². The molecule has 0 aromatic carbocycles. The van der Waals surface area contributed by atoms with Crippen molar-refractivity contribution in [3.05, 3.63) is 18.5 Å². The molecule has 0 radical (unpaired) electrons. The van der Waals surface area contributed by atoms with Crippen LogP contribution < -0.4 is 15.5 Å². The first kappa shape index (κ1) is 13.1. The van der Waals surface area contributed by atoms with Gasteiger partial charge in [-0.1, -0.05) is 0 Å². The van der Waals surface area contributed by atoms with E-state index in [-0.39, 0.29) is 18.4 Å². The molecule has 1 aromatic rings. The Morgan fingerprint density at radius 2 is 2.40 bits per heavy atom. The monoisotopic (exact) mass is 274 g/mol. The molecule has 2 aliphatic rings. The van der Waals surface area contributed by atoms with Crippen LogP contribution in [0.5, 0.6) is 0 Å². The zero-order valence-corrected chi connectivity index (χ0v) is 11.3. The normalized spacial score (nSPS) is 21.5. The Bertz CT molecular complexity index is 526. The summed E-state index contributed by atoms with van der Waals surface area (Å²) in [4.78, 5) is 29.6. The maximum absolute atomic E-state index is 12.4. The third kappa shape index (κ3) is 2.65. The molecule has 0 saturated carbocycles. The maximum atomic E-state index is 12.4. The molecule has 2 N–H and O–H groups in total. The fourth-order valence-electron chi connectivity index (χ4n) is 2.78. The summed E-state index contributed by atoms with van der Waals surface area (Å²) >= 11 is 0. The van der Waals surface area contributed by atoms with Gasteiger partial charge in [0.1, 0.15) is 6.54 Å². The molecule has 1 unspecified atom stereocenters.